The minimum atomic E-state index is -0.408. The number of fused-ring (bicyclic) bond motifs is 1. The van der Waals surface area contributed by atoms with Crippen molar-refractivity contribution in [1.82, 2.24) is 19.8 Å². The van der Waals surface area contributed by atoms with Gasteiger partial charge in [-0.1, -0.05) is 49.7 Å². The molecular weight excluding hydrogens is 412 g/mol. The number of carbonyl (C=O) groups is 2. The topological polar surface area (TPSA) is 67.2 Å². The number of amides is 2. The standard InChI is InChI=1S/C24H29ClN4O2/c1-4-14-28(15-5-2)22(30)16-29-21-13-9-8-12-20(21)27-23(29)17(3)26-24(31)18-10-6-7-11-19(18)25/h6-13,17H,4-5,14-16H2,1-3H3,(H,26,31). The van der Waals surface area contributed by atoms with Gasteiger partial charge in [-0.25, -0.2) is 4.98 Å². The Kier molecular flexibility index (Phi) is 7.69. The lowest BCUT2D eigenvalue weighted by Crippen LogP contribution is -2.36. The maximum Gasteiger partial charge on any atom is 0.253 e. The van der Waals surface area contributed by atoms with Gasteiger partial charge in [-0.15, -0.1) is 0 Å². The van der Waals surface area contributed by atoms with Crippen molar-refractivity contribution in [3.8, 4) is 0 Å². The van der Waals surface area contributed by atoms with E-state index in [-0.39, 0.29) is 18.4 Å². The maximum absolute atomic E-state index is 13.1. The molecule has 1 atom stereocenters. The van der Waals surface area contributed by atoms with Crippen molar-refractivity contribution in [2.75, 3.05) is 13.1 Å². The first kappa shape index (κ1) is 22.8. The number of rotatable bonds is 9. The first-order valence-corrected chi connectivity index (χ1v) is 11.1. The van der Waals surface area contributed by atoms with Crippen LogP contribution in [0.25, 0.3) is 11.0 Å². The molecule has 0 saturated carbocycles. The fourth-order valence-corrected chi connectivity index (χ4v) is 3.93. The molecule has 7 heteroatoms. The number of aromatic nitrogens is 2. The molecule has 0 spiro atoms. The van der Waals surface area contributed by atoms with Gasteiger partial charge in [-0.2, -0.15) is 0 Å². The van der Waals surface area contributed by atoms with Gasteiger partial charge in [-0.3, -0.25) is 9.59 Å². The summed E-state index contributed by atoms with van der Waals surface area (Å²) in [4.78, 5) is 32.5. The Labute approximate surface area is 188 Å². The van der Waals surface area contributed by atoms with Gasteiger partial charge in [0.2, 0.25) is 5.91 Å². The van der Waals surface area contributed by atoms with E-state index < -0.39 is 6.04 Å². The third kappa shape index (κ3) is 5.25. The number of nitrogens with zero attached hydrogens (tertiary/aromatic N) is 3. The zero-order valence-electron chi connectivity index (χ0n) is 18.3. The van der Waals surface area contributed by atoms with Crippen LogP contribution in [0.4, 0.5) is 0 Å². The Morgan fingerprint density at radius 2 is 1.71 bits per heavy atom. The van der Waals surface area contributed by atoms with Crippen LogP contribution in [0.15, 0.2) is 48.5 Å². The molecule has 1 aromatic heterocycles. The molecule has 0 aliphatic carbocycles. The number of halogens is 1. The van der Waals surface area contributed by atoms with Gasteiger partial charge in [0.1, 0.15) is 12.4 Å². The van der Waals surface area contributed by atoms with E-state index in [9.17, 15) is 9.59 Å². The fraction of sp³-hybridized carbons (Fsp3) is 0.375. The van der Waals surface area contributed by atoms with Gasteiger partial charge in [0.15, 0.2) is 0 Å². The Hall–Kier alpha value is -2.86. The van der Waals surface area contributed by atoms with Crippen LogP contribution in [-0.2, 0) is 11.3 Å². The maximum atomic E-state index is 13.1. The molecule has 164 valence electrons. The number of carbonyl (C=O) groups excluding carboxylic acids is 2. The van der Waals surface area contributed by atoms with Gasteiger partial charge < -0.3 is 14.8 Å². The van der Waals surface area contributed by atoms with Crippen LogP contribution in [-0.4, -0.2) is 39.4 Å². The summed E-state index contributed by atoms with van der Waals surface area (Å²) in [6.45, 7) is 7.65. The lowest BCUT2D eigenvalue weighted by Gasteiger charge is -2.23. The highest BCUT2D eigenvalue weighted by Crippen LogP contribution is 2.22. The van der Waals surface area contributed by atoms with Crippen molar-refractivity contribution >= 4 is 34.4 Å². The molecule has 0 bridgehead atoms. The minimum Gasteiger partial charge on any atom is -0.342 e. The van der Waals surface area contributed by atoms with Gasteiger partial charge in [0, 0.05) is 13.1 Å². The van der Waals surface area contributed by atoms with Crippen molar-refractivity contribution in [3.63, 3.8) is 0 Å². The molecule has 2 aromatic carbocycles. The first-order valence-electron chi connectivity index (χ1n) is 10.7. The first-order chi connectivity index (χ1) is 15.0. The number of benzene rings is 2. The van der Waals surface area contributed by atoms with Crippen molar-refractivity contribution in [1.29, 1.82) is 0 Å². The predicted molar refractivity (Wildman–Crippen MR) is 124 cm³/mol. The van der Waals surface area contributed by atoms with Crippen LogP contribution in [0, 0.1) is 0 Å². The highest BCUT2D eigenvalue weighted by molar-refractivity contribution is 6.33. The summed E-state index contributed by atoms with van der Waals surface area (Å²) < 4.78 is 1.91. The fourth-order valence-electron chi connectivity index (χ4n) is 3.71. The van der Waals surface area contributed by atoms with Crippen molar-refractivity contribution < 1.29 is 9.59 Å². The normalized spacial score (nSPS) is 12.0. The molecule has 0 aliphatic rings. The van der Waals surface area contributed by atoms with Crippen LogP contribution in [0.1, 0.15) is 55.8 Å². The van der Waals surface area contributed by atoms with E-state index in [4.69, 9.17) is 16.6 Å². The van der Waals surface area contributed by atoms with E-state index >= 15 is 0 Å². The lowest BCUT2D eigenvalue weighted by molar-refractivity contribution is -0.131. The van der Waals surface area contributed by atoms with Crippen LogP contribution < -0.4 is 5.32 Å². The van der Waals surface area contributed by atoms with Gasteiger partial charge in [0.05, 0.1) is 27.7 Å². The van der Waals surface area contributed by atoms with Crippen molar-refractivity contribution in [3.05, 3.63) is 64.9 Å². The number of para-hydroxylation sites is 2. The van der Waals surface area contributed by atoms with Gasteiger partial charge in [-0.05, 0) is 44.0 Å². The monoisotopic (exact) mass is 440 g/mol. The molecule has 31 heavy (non-hydrogen) atoms. The summed E-state index contributed by atoms with van der Waals surface area (Å²) >= 11 is 6.18. The Balaban J connectivity index is 1.90. The molecule has 1 heterocycles. The van der Waals surface area contributed by atoms with Gasteiger partial charge >= 0.3 is 0 Å². The summed E-state index contributed by atoms with van der Waals surface area (Å²) in [5.74, 6) is 0.419. The Morgan fingerprint density at radius 3 is 2.39 bits per heavy atom. The second-order valence-corrected chi connectivity index (χ2v) is 8.01. The predicted octanol–water partition coefficient (Wildman–Crippen LogP) is 4.83. The average molecular weight is 441 g/mol. The van der Waals surface area contributed by atoms with E-state index in [1.54, 1.807) is 24.3 Å². The third-order valence-corrected chi connectivity index (χ3v) is 5.50. The second kappa shape index (κ2) is 10.4. The summed E-state index contributed by atoms with van der Waals surface area (Å²) in [6.07, 6.45) is 1.82. The lowest BCUT2D eigenvalue weighted by atomic mass is 10.2. The Morgan fingerprint density at radius 1 is 1.06 bits per heavy atom. The average Bonchev–Trinajstić information content (AvgIpc) is 3.12. The zero-order chi connectivity index (χ0) is 22.4. The smallest absolute Gasteiger partial charge is 0.253 e. The van der Waals surface area contributed by atoms with Crippen LogP contribution >= 0.6 is 11.6 Å². The largest absolute Gasteiger partial charge is 0.342 e. The van der Waals surface area contributed by atoms with Crippen molar-refractivity contribution in [2.45, 2.75) is 46.2 Å². The number of hydrogen-bond acceptors (Lipinski definition) is 3. The minimum absolute atomic E-state index is 0.0535. The zero-order valence-corrected chi connectivity index (χ0v) is 19.0. The van der Waals surface area contributed by atoms with E-state index in [0.717, 1.165) is 37.0 Å². The molecule has 6 nitrogen and oxygen atoms in total. The van der Waals surface area contributed by atoms with Gasteiger partial charge in [0.25, 0.3) is 5.91 Å². The van der Waals surface area contributed by atoms with Crippen LogP contribution in [0.5, 0.6) is 0 Å². The molecule has 3 rings (SSSR count). The highest BCUT2D eigenvalue weighted by atomic mass is 35.5. The second-order valence-electron chi connectivity index (χ2n) is 7.60. The molecular formula is C24H29ClN4O2. The molecule has 3 aromatic rings. The molecule has 2 amide bonds. The number of hydrogen-bond donors (Lipinski definition) is 1. The summed E-state index contributed by atoms with van der Waals surface area (Å²) in [5.41, 5.74) is 2.08. The molecule has 0 aliphatic heterocycles. The molecule has 1 unspecified atom stereocenters. The molecule has 0 fully saturated rings. The Bertz CT molecular complexity index is 1060. The number of nitrogens with one attached hydrogen (secondary N) is 1. The SMILES string of the molecule is CCCN(CCC)C(=O)Cn1c(C(C)NC(=O)c2ccccc2Cl)nc2ccccc21. The molecule has 0 saturated heterocycles. The molecule has 1 N–H and O–H groups in total. The van der Waals surface area contributed by atoms with Crippen LogP contribution in [0.3, 0.4) is 0 Å². The highest BCUT2D eigenvalue weighted by Gasteiger charge is 2.22. The third-order valence-electron chi connectivity index (χ3n) is 5.17. The quantitative estimate of drug-likeness (QED) is 0.518. The van der Waals surface area contributed by atoms with E-state index in [1.807, 2.05) is 40.7 Å². The van der Waals surface area contributed by atoms with E-state index in [0.29, 0.717) is 16.4 Å². The summed E-state index contributed by atoms with van der Waals surface area (Å²) in [6, 6.07) is 14.2. The van der Waals surface area contributed by atoms with Crippen molar-refractivity contribution in [2.24, 2.45) is 0 Å². The van der Waals surface area contributed by atoms with Crippen LogP contribution in [0.2, 0.25) is 5.02 Å². The number of imidazole rings is 1. The van der Waals surface area contributed by atoms with E-state index in [2.05, 4.69) is 19.2 Å². The molecule has 0 radical (unpaired) electrons. The summed E-state index contributed by atoms with van der Waals surface area (Å²) in [5, 5.41) is 3.37. The summed E-state index contributed by atoms with van der Waals surface area (Å²) in [7, 11) is 0. The van der Waals surface area contributed by atoms with E-state index in [1.165, 1.54) is 0 Å².